The number of carbonyl (C=O) groups excluding carboxylic acids is 1. The van der Waals surface area contributed by atoms with Crippen molar-refractivity contribution in [3.05, 3.63) is 65.2 Å². The summed E-state index contributed by atoms with van der Waals surface area (Å²) in [7, 11) is 0. The summed E-state index contributed by atoms with van der Waals surface area (Å²) >= 11 is 1.36. The van der Waals surface area contributed by atoms with Gasteiger partial charge in [0.25, 0.3) is 5.91 Å². The van der Waals surface area contributed by atoms with Crippen molar-refractivity contribution in [1.29, 1.82) is 0 Å². The molecule has 2 heterocycles. The Labute approximate surface area is 174 Å². The summed E-state index contributed by atoms with van der Waals surface area (Å²) in [6.45, 7) is 6.42. The van der Waals surface area contributed by atoms with Gasteiger partial charge in [-0.3, -0.25) is 9.52 Å². The molecule has 2 aromatic carbocycles. The summed E-state index contributed by atoms with van der Waals surface area (Å²) in [6.07, 6.45) is -0.246. The maximum atomic E-state index is 12.4. The molecule has 0 saturated carbocycles. The van der Waals surface area contributed by atoms with E-state index in [1.807, 2.05) is 37.3 Å². The highest BCUT2D eigenvalue weighted by atomic mass is 32.2. The smallest absolute Gasteiger partial charge is 0.251 e. The largest absolute Gasteiger partial charge is 0.473 e. The Bertz CT molecular complexity index is 1050. The number of aromatic nitrogens is 2. The van der Waals surface area contributed by atoms with E-state index in [-0.39, 0.29) is 12.0 Å². The van der Waals surface area contributed by atoms with Crippen LogP contribution in [-0.4, -0.2) is 28.5 Å². The van der Waals surface area contributed by atoms with Gasteiger partial charge in [-0.05, 0) is 62.0 Å². The van der Waals surface area contributed by atoms with Crippen LogP contribution in [0.15, 0.2) is 53.4 Å². The summed E-state index contributed by atoms with van der Waals surface area (Å²) in [6, 6.07) is 15.4. The fraction of sp³-hybridized carbons (Fsp3) is 0.227. The molecule has 4 rings (SSSR count). The minimum atomic E-state index is -0.246. The molecule has 29 heavy (non-hydrogen) atoms. The Balaban J connectivity index is 1.77. The van der Waals surface area contributed by atoms with E-state index in [0.717, 1.165) is 27.3 Å². The van der Waals surface area contributed by atoms with Crippen LogP contribution in [0.4, 0.5) is 5.95 Å². The van der Waals surface area contributed by atoms with Crippen LogP contribution < -0.4 is 14.8 Å². The molecule has 0 unspecified atom stereocenters. The average Bonchev–Trinajstić information content (AvgIpc) is 2.70. The van der Waals surface area contributed by atoms with Crippen molar-refractivity contribution in [3.63, 3.8) is 0 Å². The summed E-state index contributed by atoms with van der Waals surface area (Å²) in [5.74, 6) is 0.797. The lowest BCUT2D eigenvalue weighted by Crippen LogP contribution is -2.33. The van der Waals surface area contributed by atoms with Crippen molar-refractivity contribution in [3.8, 4) is 17.1 Å². The second-order valence-corrected chi connectivity index (χ2v) is 7.93. The van der Waals surface area contributed by atoms with Crippen LogP contribution in [0.3, 0.4) is 0 Å². The first kappa shape index (κ1) is 19.3. The molecule has 148 valence electrons. The fourth-order valence-electron chi connectivity index (χ4n) is 3.27. The maximum absolute atomic E-state index is 12.4. The van der Waals surface area contributed by atoms with E-state index in [9.17, 15) is 4.79 Å². The van der Waals surface area contributed by atoms with Gasteiger partial charge >= 0.3 is 0 Å². The minimum Gasteiger partial charge on any atom is -0.473 e. The zero-order valence-corrected chi connectivity index (χ0v) is 17.3. The van der Waals surface area contributed by atoms with Crippen molar-refractivity contribution in [1.82, 2.24) is 15.3 Å². The SMILES string of the molecule is Cc1cccc(C)c1-c1cc2nc(n1)NSc1cccc(c1)C(=O)NC[C@@H](C)O2. The second kappa shape index (κ2) is 8.13. The monoisotopic (exact) mass is 406 g/mol. The van der Waals surface area contributed by atoms with E-state index in [1.54, 1.807) is 6.07 Å². The standard InChI is InChI=1S/C22H22N4O2S/c1-13-6-4-7-14(2)20(13)18-11-19-25-22(24-18)26-29-17-9-5-8-16(10-17)21(27)23-12-15(3)28-19/h4-11,15H,12H2,1-3H3,(H,23,27)(H,24,25,26)/t15-/m1/s1. The molecule has 0 spiro atoms. The molecule has 1 aromatic heterocycles. The molecule has 6 nitrogen and oxygen atoms in total. The molecule has 3 aromatic rings. The molecule has 0 fully saturated rings. The van der Waals surface area contributed by atoms with Gasteiger partial charge in [-0.25, -0.2) is 4.98 Å². The van der Waals surface area contributed by atoms with E-state index < -0.39 is 0 Å². The lowest BCUT2D eigenvalue weighted by atomic mass is 10.00. The maximum Gasteiger partial charge on any atom is 0.251 e. The number of amides is 1. The topological polar surface area (TPSA) is 76.1 Å². The molecular formula is C22H22N4O2S. The van der Waals surface area contributed by atoms with Gasteiger partial charge in [-0.2, -0.15) is 4.98 Å². The van der Waals surface area contributed by atoms with Crippen molar-refractivity contribution >= 4 is 23.8 Å². The van der Waals surface area contributed by atoms with Gasteiger partial charge in [0.2, 0.25) is 11.8 Å². The molecule has 1 atom stereocenters. The third-order valence-corrected chi connectivity index (χ3v) is 5.44. The number of hydrogen-bond acceptors (Lipinski definition) is 6. The van der Waals surface area contributed by atoms with Gasteiger partial charge < -0.3 is 10.1 Å². The normalized spacial score (nSPS) is 16.4. The Kier molecular flexibility index (Phi) is 5.40. The van der Waals surface area contributed by atoms with E-state index in [2.05, 4.69) is 41.0 Å². The molecule has 0 radical (unpaired) electrons. The summed E-state index contributed by atoms with van der Waals surface area (Å²) < 4.78 is 9.20. The number of nitrogens with one attached hydrogen (secondary N) is 2. The molecule has 0 saturated heterocycles. The third kappa shape index (κ3) is 4.35. The molecule has 7 heteroatoms. The van der Waals surface area contributed by atoms with Gasteiger partial charge in [0.05, 0.1) is 12.2 Å². The predicted octanol–water partition coefficient (Wildman–Crippen LogP) is 4.39. The lowest BCUT2D eigenvalue weighted by Gasteiger charge is -2.16. The van der Waals surface area contributed by atoms with Crippen LogP contribution in [-0.2, 0) is 0 Å². The number of aryl methyl sites for hydroxylation is 2. The lowest BCUT2D eigenvalue weighted by molar-refractivity contribution is 0.0930. The number of ether oxygens (including phenoxy) is 1. The van der Waals surface area contributed by atoms with E-state index in [1.165, 1.54) is 11.9 Å². The Morgan fingerprint density at radius 3 is 2.62 bits per heavy atom. The third-order valence-electron chi connectivity index (χ3n) is 4.67. The number of nitrogens with zero attached hydrogens (tertiary/aromatic N) is 2. The van der Waals surface area contributed by atoms with Crippen LogP contribution in [0.5, 0.6) is 5.88 Å². The molecule has 4 bridgehead atoms. The summed E-state index contributed by atoms with van der Waals surface area (Å²) in [5.41, 5.74) is 4.75. The molecule has 1 aliphatic rings. The quantitative estimate of drug-likeness (QED) is 0.584. The number of anilines is 1. The Morgan fingerprint density at radius 2 is 1.83 bits per heavy atom. The van der Waals surface area contributed by atoms with Crippen LogP contribution in [0.25, 0.3) is 11.3 Å². The van der Waals surface area contributed by atoms with Crippen molar-refractivity contribution in [2.24, 2.45) is 0 Å². The van der Waals surface area contributed by atoms with Crippen molar-refractivity contribution in [2.45, 2.75) is 31.8 Å². The Morgan fingerprint density at radius 1 is 1.07 bits per heavy atom. The van der Waals surface area contributed by atoms with E-state index in [0.29, 0.717) is 23.9 Å². The molecular weight excluding hydrogens is 384 g/mol. The first-order chi connectivity index (χ1) is 14.0. The zero-order chi connectivity index (χ0) is 20.4. The zero-order valence-electron chi connectivity index (χ0n) is 16.5. The predicted molar refractivity (Wildman–Crippen MR) is 115 cm³/mol. The van der Waals surface area contributed by atoms with E-state index >= 15 is 0 Å². The van der Waals surface area contributed by atoms with Crippen molar-refractivity contribution in [2.75, 3.05) is 11.3 Å². The minimum absolute atomic E-state index is 0.129. The Hall–Kier alpha value is -3.06. The van der Waals surface area contributed by atoms with E-state index in [4.69, 9.17) is 9.72 Å². The fourth-order valence-corrected chi connectivity index (χ4v) is 3.90. The van der Waals surface area contributed by atoms with Crippen LogP contribution >= 0.6 is 11.9 Å². The van der Waals surface area contributed by atoms with Crippen LogP contribution in [0.1, 0.15) is 28.4 Å². The highest BCUT2D eigenvalue weighted by molar-refractivity contribution is 8.00. The molecule has 0 aliphatic carbocycles. The van der Waals surface area contributed by atoms with Crippen LogP contribution in [0, 0.1) is 13.8 Å². The summed E-state index contributed by atoms with van der Waals surface area (Å²) in [5, 5.41) is 2.91. The summed E-state index contributed by atoms with van der Waals surface area (Å²) in [4.78, 5) is 22.5. The van der Waals surface area contributed by atoms with Gasteiger partial charge in [0.15, 0.2) is 0 Å². The molecule has 2 N–H and O–H groups in total. The number of rotatable bonds is 1. The van der Waals surface area contributed by atoms with Crippen molar-refractivity contribution < 1.29 is 9.53 Å². The first-order valence-corrected chi connectivity index (χ1v) is 10.2. The van der Waals surface area contributed by atoms with Gasteiger partial charge in [0.1, 0.15) is 6.10 Å². The molecule has 1 aliphatic heterocycles. The first-order valence-electron chi connectivity index (χ1n) is 9.43. The van der Waals surface area contributed by atoms with Gasteiger partial charge in [-0.15, -0.1) is 0 Å². The average molecular weight is 407 g/mol. The number of benzene rings is 2. The number of fused-ring (bicyclic) bond motifs is 4. The number of carbonyl (C=O) groups is 1. The molecule has 1 amide bonds. The van der Waals surface area contributed by atoms with Gasteiger partial charge in [0, 0.05) is 22.1 Å². The van der Waals surface area contributed by atoms with Crippen LogP contribution in [0.2, 0.25) is 0 Å². The highest BCUT2D eigenvalue weighted by Crippen LogP contribution is 2.30. The number of hydrogen-bond donors (Lipinski definition) is 2. The van der Waals surface area contributed by atoms with Gasteiger partial charge in [-0.1, -0.05) is 24.3 Å². The second-order valence-electron chi connectivity index (χ2n) is 7.05. The highest BCUT2D eigenvalue weighted by Gasteiger charge is 2.16.